The van der Waals surface area contributed by atoms with E-state index in [-0.39, 0.29) is 11.9 Å². The van der Waals surface area contributed by atoms with Gasteiger partial charge in [0, 0.05) is 12.4 Å². The number of hydrogen-bond donors (Lipinski definition) is 3. The van der Waals surface area contributed by atoms with Gasteiger partial charge in [0.2, 0.25) is 0 Å². The summed E-state index contributed by atoms with van der Waals surface area (Å²) in [6.45, 7) is 0. The molecule has 3 rings (SSSR count). The third-order valence-corrected chi connectivity index (χ3v) is 4.04. The second-order valence-electron chi connectivity index (χ2n) is 5.24. The summed E-state index contributed by atoms with van der Waals surface area (Å²) < 4.78 is 0. The van der Waals surface area contributed by atoms with Gasteiger partial charge in [-0.25, -0.2) is 0 Å². The molecule has 0 spiro atoms. The van der Waals surface area contributed by atoms with Crippen molar-refractivity contribution >= 4 is 16.8 Å². The van der Waals surface area contributed by atoms with E-state index < -0.39 is 12.2 Å². The molecule has 1 aliphatic rings. The molecule has 1 aliphatic carbocycles. The van der Waals surface area contributed by atoms with Crippen LogP contribution in [-0.4, -0.2) is 56.5 Å². The number of benzene rings is 1. The van der Waals surface area contributed by atoms with Crippen LogP contribution in [0.25, 0.3) is 10.9 Å². The van der Waals surface area contributed by atoms with Crippen molar-refractivity contribution in [3.63, 3.8) is 0 Å². The number of aromatic nitrogens is 2. The van der Waals surface area contributed by atoms with Gasteiger partial charge in [-0.15, -0.1) is 0 Å². The van der Waals surface area contributed by atoms with Crippen molar-refractivity contribution in [3.8, 4) is 0 Å². The zero-order valence-electron chi connectivity index (χ0n) is 11.2. The van der Waals surface area contributed by atoms with Crippen LogP contribution in [0.4, 0.5) is 0 Å². The average molecular weight is 275 g/mol. The van der Waals surface area contributed by atoms with Gasteiger partial charge in [-0.1, -0.05) is 18.2 Å². The quantitative estimate of drug-likeness (QED) is 0.745. The van der Waals surface area contributed by atoms with E-state index in [9.17, 15) is 15.0 Å². The normalized spacial score (nSPS) is 26.1. The first-order valence-corrected chi connectivity index (χ1v) is 6.66. The fourth-order valence-corrected chi connectivity index (χ4v) is 2.81. The van der Waals surface area contributed by atoms with E-state index in [1.165, 1.54) is 4.90 Å². The van der Waals surface area contributed by atoms with Crippen molar-refractivity contribution in [2.75, 3.05) is 7.05 Å². The highest BCUT2D eigenvalue weighted by Gasteiger charge is 2.38. The number of fused-ring (bicyclic) bond motifs is 1. The third kappa shape index (κ3) is 1.97. The van der Waals surface area contributed by atoms with Crippen LogP contribution in [0.5, 0.6) is 0 Å². The number of amides is 1. The van der Waals surface area contributed by atoms with Crippen LogP contribution < -0.4 is 0 Å². The number of nitrogens with zero attached hydrogens (tertiary/aromatic N) is 2. The summed E-state index contributed by atoms with van der Waals surface area (Å²) in [5.74, 6) is -0.249. The molecule has 3 atom stereocenters. The first kappa shape index (κ1) is 13.1. The number of aliphatic hydroxyl groups is 2. The molecule has 0 unspecified atom stereocenters. The van der Waals surface area contributed by atoms with Crippen molar-refractivity contribution in [2.45, 2.75) is 31.1 Å². The van der Waals surface area contributed by atoms with Gasteiger partial charge in [0.05, 0.1) is 17.7 Å². The lowest BCUT2D eigenvalue weighted by Gasteiger charge is -2.27. The van der Waals surface area contributed by atoms with E-state index >= 15 is 0 Å². The lowest BCUT2D eigenvalue weighted by molar-refractivity contribution is 0.00647. The van der Waals surface area contributed by atoms with Crippen molar-refractivity contribution in [3.05, 3.63) is 30.0 Å². The van der Waals surface area contributed by atoms with Crippen molar-refractivity contribution in [2.24, 2.45) is 0 Å². The summed E-state index contributed by atoms with van der Waals surface area (Å²) in [6, 6.07) is 7.04. The third-order valence-electron chi connectivity index (χ3n) is 4.04. The number of carbonyl (C=O) groups is 1. The van der Waals surface area contributed by atoms with E-state index in [4.69, 9.17) is 0 Å². The van der Waals surface area contributed by atoms with E-state index in [0.29, 0.717) is 18.5 Å². The number of aromatic amines is 1. The van der Waals surface area contributed by atoms with Crippen molar-refractivity contribution in [1.29, 1.82) is 0 Å². The molecule has 0 saturated heterocycles. The van der Waals surface area contributed by atoms with Crippen LogP contribution in [0, 0.1) is 0 Å². The Bertz CT molecular complexity index is 639. The molecule has 3 N–H and O–H groups in total. The van der Waals surface area contributed by atoms with Gasteiger partial charge in [0.1, 0.15) is 6.10 Å². The predicted octanol–water partition coefficient (Wildman–Crippen LogP) is 0.519. The summed E-state index contributed by atoms with van der Waals surface area (Å²) in [7, 11) is 1.64. The first-order chi connectivity index (χ1) is 9.59. The van der Waals surface area contributed by atoms with E-state index in [1.807, 2.05) is 24.3 Å². The summed E-state index contributed by atoms with van der Waals surface area (Å²) in [5, 5.41) is 27.2. The lowest BCUT2D eigenvalue weighted by Crippen LogP contribution is -2.44. The van der Waals surface area contributed by atoms with Gasteiger partial charge in [0.25, 0.3) is 5.91 Å². The minimum absolute atomic E-state index is 0.249. The molecule has 106 valence electrons. The monoisotopic (exact) mass is 275 g/mol. The Morgan fingerprint density at radius 3 is 2.80 bits per heavy atom. The zero-order valence-corrected chi connectivity index (χ0v) is 11.2. The summed E-state index contributed by atoms with van der Waals surface area (Å²) in [6.07, 6.45) is -0.558. The fourth-order valence-electron chi connectivity index (χ4n) is 2.81. The number of aliphatic hydroxyl groups excluding tert-OH is 2. The van der Waals surface area contributed by atoms with E-state index in [1.54, 1.807) is 7.05 Å². The van der Waals surface area contributed by atoms with Gasteiger partial charge in [0.15, 0.2) is 5.69 Å². The summed E-state index contributed by atoms with van der Waals surface area (Å²) >= 11 is 0. The standard InChI is InChI=1S/C14H17N3O3/c1-17(10-6-7-11(18)13(10)19)14(20)12-8-4-2-3-5-9(8)15-16-12/h2-5,10-11,13,18-19H,6-7H2,1H3,(H,15,16)/t10-,11-,13-/m1/s1. The Labute approximate surface area is 116 Å². The van der Waals surface area contributed by atoms with Gasteiger partial charge >= 0.3 is 0 Å². The minimum Gasteiger partial charge on any atom is -0.390 e. The topological polar surface area (TPSA) is 89.5 Å². The molecule has 6 heteroatoms. The molecular weight excluding hydrogens is 258 g/mol. The molecule has 6 nitrogen and oxygen atoms in total. The molecule has 1 fully saturated rings. The number of para-hydroxylation sites is 1. The Balaban J connectivity index is 1.89. The van der Waals surface area contributed by atoms with Crippen LogP contribution >= 0.6 is 0 Å². The smallest absolute Gasteiger partial charge is 0.275 e. The number of nitrogens with one attached hydrogen (secondary N) is 1. The number of H-pyrrole nitrogens is 1. The maximum atomic E-state index is 12.5. The maximum absolute atomic E-state index is 12.5. The van der Waals surface area contributed by atoms with Gasteiger partial charge < -0.3 is 15.1 Å². The predicted molar refractivity (Wildman–Crippen MR) is 73.2 cm³/mol. The van der Waals surface area contributed by atoms with Crippen LogP contribution in [0.3, 0.4) is 0 Å². The number of hydrogen-bond acceptors (Lipinski definition) is 4. The van der Waals surface area contributed by atoms with Crippen molar-refractivity contribution in [1.82, 2.24) is 15.1 Å². The first-order valence-electron chi connectivity index (χ1n) is 6.66. The number of likely N-dealkylation sites (N-methyl/N-ethyl adjacent to an activating group) is 1. The highest BCUT2D eigenvalue weighted by atomic mass is 16.3. The average Bonchev–Trinajstić information content (AvgIpc) is 3.02. The Morgan fingerprint density at radius 2 is 2.10 bits per heavy atom. The number of carbonyl (C=O) groups excluding carboxylic acids is 1. The molecule has 1 aromatic heterocycles. The van der Waals surface area contributed by atoms with Crippen molar-refractivity contribution < 1.29 is 15.0 Å². The molecule has 0 bridgehead atoms. The fraction of sp³-hybridized carbons (Fsp3) is 0.429. The SMILES string of the molecule is CN(C(=O)c1n[nH]c2ccccc12)[C@@H]1CC[C@@H](O)[C@@H]1O. The molecule has 20 heavy (non-hydrogen) atoms. The molecule has 0 aliphatic heterocycles. The van der Waals surface area contributed by atoms with Gasteiger partial charge in [-0.05, 0) is 18.9 Å². The lowest BCUT2D eigenvalue weighted by atomic mass is 10.1. The Hall–Kier alpha value is -1.92. The van der Waals surface area contributed by atoms with Crippen LogP contribution in [-0.2, 0) is 0 Å². The summed E-state index contributed by atoms with van der Waals surface area (Å²) in [4.78, 5) is 14.0. The molecular formula is C14H17N3O3. The molecule has 1 amide bonds. The molecule has 1 saturated carbocycles. The highest BCUT2D eigenvalue weighted by molar-refractivity contribution is 6.04. The number of rotatable bonds is 2. The second-order valence-corrected chi connectivity index (χ2v) is 5.24. The Kier molecular flexibility index (Phi) is 3.19. The van der Waals surface area contributed by atoms with Gasteiger partial charge in [-0.3, -0.25) is 9.89 Å². The molecule has 1 aromatic carbocycles. The molecule has 2 aromatic rings. The second kappa shape index (κ2) is 4.88. The molecule has 0 radical (unpaired) electrons. The van der Waals surface area contributed by atoms with Crippen LogP contribution in [0.1, 0.15) is 23.3 Å². The van der Waals surface area contributed by atoms with Crippen LogP contribution in [0.2, 0.25) is 0 Å². The van der Waals surface area contributed by atoms with E-state index in [2.05, 4.69) is 10.2 Å². The Morgan fingerprint density at radius 1 is 1.35 bits per heavy atom. The van der Waals surface area contributed by atoms with Gasteiger partial charge in [-0.2, -0.15) is 5.10 Å². The summed E-state index contributed by atoms with van der Waals surface area (Å²) in [5.41, 5.74) is 1.15. The van der Waals surface area contributed by atoms with Crippen LogP contribution in [0.15, 0.2) is 24.3 Å². The highest BCUT2D eigenvalue weighted by Crippen LogP contribution is 2.26. The molecule has 1 heterocycles. The minimum atomic E-state index is -0.894. The maximum Gasteiger partial charge on any atom is 0.275 e. The largest absolute Gasteiger partial charge is 0.390 e. The van der Waals surface area contributed by atoms with E-state index in [0.717, 1.165) is 10.9 Å². The zero-order chi connectivity index (χ0) is 14.3.